The summed E-state index contributed by atoms with van der Waals surface area (Å²) in [6, 6.07) is 74.7. The van der Waals surface area contributed by atoms with Crippen LogP contribution < -0.4 is 0 Å². The van der Waals surface area contributed by atoms with Crippen LogP contribution in [0, 0.1) is 35.8 Å². The zero-order valence-electron chi connectivity index (χ0n) is 36.8. The van der Waals surface area contributed by atoms with Gasteiger partial charge in [0.2, 0.25) is 0 Å². The average Bonchev–Trinajstić information content (AvgIpc) is 3.75. The molecule has 0 radical (unpaired) electrons. The molecule has 0 aliphatic heterocycles. The third kappa shape index (κ3) is 7.82. The minimum absolute atomic E-state index is 0.500. The van der Waals surface area contributed by atoms with Crippen molar-refractivity contribution in [1.29, 1.82) is 10.5 Å². The summed E-state index contributed by atoms with van der Waals surface area (Å²) in [5, 5.41) is 21.9. The maximum absolute atomic E-state index is 10.3. The number of hydrogen-bond acceptors (Lipinski definition) is 4. The molecule has 11 aromatic rings. The molecule has 0 saturated carbocycles. The molecule has 0 spiro atoms. The Bertz CT molecular complexity index is 3720. The first-order valence-electron chi connectivity index (χ1n) is 22.2. The Balaban J connectivity index is 1.26. The van der Waals surface area contributed by atoms with Gasteiger partial charge in [0.05, 0.1) is 64.5 Å². The van der Waals surface area contributed by atoms with Crippen LogP contribution in [0.1, 0.15) is 11.1 Å². The third-order valence-electron chi connectivity index (χ3n) is 12.5. The van der Waals surface area contributed by atoms with E-state index in [9.17, 15) is 10.5 Å². The molecule has 0 bridgehead atoms. The fourth-order valence-corrected chi connectivity index (χ4v) is 9.12. The lowest BCUT2D eigenvalue weighted by Gasteiger charge is -2.22. The molecule has 0 aliphatic carbocycles. The Morgan fingerprint density at radius 1 is 0.377 bits per heavy atom. The Hall–Kier alpha value is -10.2. The van der Waals surface area contributed by atoms with Gasteiger partial charge in [-0.15, -0.1) is 0 Å². The van der Waals surface area contributed by atoms with Crippen LogP contribution in [-0.2, 0) is 0 Å². The number of aromatic nitrogens is 3. The van der Waals surface area contributed by atoms with E-state index in [0.29, 0.717) is 34.0 Å². The van der Waals surface area contributed by atoms with Crippen LogP contribution in [0.4, 0.5) is 11.4 Å². The van der Waals surface area contributed by atoms with Gasteiger partial charge >= 0.3 is 0 Å². The first-order valence-corrected chi connectivity index (χ1v) is 22.2. The van der Waals surface area contributed by atoms with E-state index >= 15 is 0 Å². The van der Waals surface area contributed by atoms with Gasteiger partial charge in [0.1, 0.15) is 0 Å². The molecule has 0 unspecified atom stereocenters. The molecule has 0 saturated heterocycles. The lowest BCUT2D eigenvalue weighted by atomic mass is 9.91. The van der Waals surface area contributed by atoms with Gasteiger partial charge in [-0.2, -0.15) is 10.5 Å². The Labute approximate surface area is 399 Å². The van der Waals surface area contributed by atoms with Crippen molar-refractivity contribution in [2.24, 2.45) is 0 Å². The van der Waals surface area contributed by atoms with E-state index < -0.39 is 0 Å². The van der Waals surface area contributed by atoms with Crippen LogP contribution in [-0.4, -0.2) is 14.5 Å². The van der Waals surface area contributed by atoms with Crippen molar-refractivity contribution in [3.05, 3.63) is 246 Å². The zero-order valence-corrected chi connectivity index (χ0v) is 36.8. The van der Waals surface area contributed by atoms with Crippen molar-refractivity contribution in [2.45, 2.75) is 0 Å². The van der Waals surface area contributed by atoms with Crippen LogP contribution in [0.5, 0.6) is 0 Å². The largest absolute Gasteiger partial charge is 0.308 e. The first kappa shape index (κ1) is 41.5. The highest BCUT2D eigenvalue weighted by Gasteiger charge is 2.24. The van der Waals surface area contributed by atoms with Crippen LogP contribution in [0.2, 0.25) is 0 Å². The Morgan fingerprint density at radius 3 is 1.46 bits per heavy atom. The summed E-state index contributed by atoms with van der Waals surface area (Å²) in [6.07, 6.45) is 0. The molecule has 2 heterocycles. The molecule has 7 heteroatoms. The van der Waals surface area contributed by atoms with Gasteiger partial charge in [-0.25, -0.2) is 19.7 Å². The zero-order chi connectivity index (χ0) is 46.8. The lowest BCUT2D eigenvalue weighted by molar-refractivity contribution is 1.17. The second-order valence-electron chi connectivity index (χ2n) is 16.6. The molecule has 0 amide bonds. The van der Waals surface area contributed by atoms with Crippen molar-refractivity contribution in [2.75, 3.05) is 0 Å². The number of nitrogens with zero attached hydrogens (tertiary/aromatic N) is 7. The first-order chi connectivity index (χ1) is 34.0. The summed E-state index contributed by atoms with van der Waals surface area (Å²) < 4.78 is 2.31. The Kier molecular flexibility index (Phi) is 10.6. The van der Waals surface area contributed by atoms with Gasteiger partial charge in [-0.3, -0.25) is 0 Å². The maximum atomic E-state index is 10.3. The van der Waals surface area contributed by atoms with Crippen molar-refractivity contribution in [3.63, 3.8) is 0 Å². The quantitative estimate of drug-likeness (QED) is 0.142. The molecular weight excluding hydrogens is 843 g/mol. The molecule has 7 nitrogen and oxygen atoms in total. The topological polar surface area (TPSA) is 87.0 Å². The second-order valence-corrected chi connectivity index (χ2v) is 16.6. The van der Waals surface area contributed by atoms with Gasteiger partial charge < -0.3 is 4.57 Å². The van der Waals surface area contributed by atoms with Gasteiger partial charge in [-0.1, -0.05) is 140 Å². The Morgan fingerprint density at radius 2 is 0.884 bits per heavy atom. The van der Waals surface area contributed by atoms with E-state index in [2.05, 4.69) is 74.9 Å². The average molecular weight is 878 g/mol. The van der Waals surface area contributed by atoms with Gasteiger partial charge in [0.15, 0.2) is 17.2 Å². The fourth-order valence-electron chi connectivity index (χ4n) is 9.12. The summed E-state index contributed by atoms with van der Waals surface area (Å²) in [5.74, 6) is 0.584. The number of benzene rings is 9. The van der Waals surface area contributed by atoms with E-state index in [-0.39, 0.29) is 0 Å². The van der Waals surface area contributed by atoms with E-state index in [0.717, 1.165) is 94.4 Å². The van der Waals surface area contributed by atoms with Crippen molar-refractivity contribution in [1.82, 2.24) is 14.5 Å². The molecule has 0 N–H and O–H groups in total. The molecule has 0 fully saturated rings. The van der Waals surface area contributed by atoms with E-state index in [4.69, 9.17) is 23.1 Å². The highest BCUT2D eigenvalue weighted by molar-refractivity contribution is 6.13. The molecule has 9 aromatic carbocycles. The summed E-state index contributed by atoms with van der Waals surface area (Å²) in [5.41, 5.74) is 16.4. The van der Waals surface area contributed by atoms with Gasteiger partial charge in [0.25, 0.3) is 0 Å². The summed E-state index contributed by atoms with van der Waals surface area (Å²) >= 11 is 0. The highest BCUT2D eigenvalue weighted by atomic mass is 15.0. The summed E-state index contributed by atoms with van der Waals surface area (Å²) in [7, 11) is 0. The van der Waals surface area contributed by atoms with Crippen molar-refractivity contribution >= 4 is 33.2 Å². The molecule has 2 aromatic heterocycles. The van der Waals surface area contributed by atoms with Crippen LogP contribution >= 0.6 is 0 Å². The highest BCUT2D eigenvalue weighted by Crippen LogP contribution is 2.46. The van der Waals surface area contributed by atoms with Crippen molar-refractivity contribution < 1.29 is 0 Å². The van der Waals surface area contributed by atoms with E-state index in [1.54, 1.807) is 0 Å². The molecule has 318 valence electrons. The summed E-state index contributed by atoms with van der Waals surface area (Å²) in [6.45, 7) is 15.6. The van der Waals surface area contributed by atoms with Gasteiger partial charge in [0, 0.05) is 38.6 Å². The van der Waals surface area contributed by atoms with Gasteiger partial charge in [-0.05, 0) is 106 Å². The number of fused-ring (bicyclic) bond motifs is 3. The number of rotatable bonds is 8. The third-order valence-corrected chi connectivity index (χ3v) is 12.5. The molecule has 11 rings (SSSR count). The minimum atomic E-state index is 0.500. The molecule has 69 heavy (non-hydrogen) atoms. The normalized spacial score (nSPS) is 10.8. The van der Waals surface area contributed by atoms with Crippen LogP contribution in [0.3, 0.4) is 0 Å². The van der Waals surface area contributed by atoms with Crippen LogP contribution in [0.25, 0.3) is 116 Å². The molecule has 0 aliphatic rings. The van der Waals surface area contributed by atoms with Crippen LogP contribution in [0.15, 0.2) is 212 Å². The lowest BCUT2D eigenvalue weighted by Crippen LogP contribution is -2.03. The van der Waals surface area contributed by atoms with E-state index in [1.807, 2.05) is 164 Å². The number of nitriles is 2. The smallest absolute Gasteiger partial charge is 0.187 e. The van der Waals surface area contributed by atoms with E-state index in [1.165, 1.54) is 0 Å². The monoisotopic (exact) mass is 877 g/mol. The minimum Gasteiger partial charge on any atom is -0.308 e. The fraction of sp³-hybridized carbons (Fsp3) is 0. The summed E-state index contributed by atoms with van der Waals surface area (Å²) in [4.78, 5) is 17.9. The SMILES string of the molecule is [C-]#[N+]c1ccc(-c2ccc3c(c2)c2cc(-c4ccc(C#N)cc4)ccc2n3-c2c(-c3cccc(C#N)c3)cc(-c3cc(-c4ccccc4)nc(-c4ccccc4)n3)cc2-c2cccc([N+]#[C-])c2)cc1. The predicted octanol–water partition coefficient (Wildman–Crippen LogP) is 16.1. The standard InChI is InChI=1S/C62H35N7/c1-65-51-27-23-43(24-28-51)47-26-30-60-56(34-47)55-33-46(42-21-19-40(38-63)20-22-42)25-29-59(55)69(60)61-53(48-16-9-11-41(31-48)39-64)35-50(36-54(61)49-17-10-18-52(32-49)66-2)58-37-57(44-12-5-3-6-13-44)67-62(68-58)45-14-7-4-8-15-45/h3-37H. The second kappa shape index (κ2) is 17.7. The molecule has 0 atom stereocenters. The predicted molar refractivity (Wildman–Crippen MR) is 276 cm³/mol. The molecular formula is C62H35N7. The maximum Gasteiger partial charge on any atom is 0.187 e. The number of hydrogen-bond donors (Lipinski definition) is 0. The van der Waals surface area contributed by atoms with Crippen molar-refractivity contribution in [3.8, 4) is 96.2 Å².